The maximum absolute atomic E-state index is 6.56. The van der Waals surface area contributed by atoms with E-state index in [4.69, 9.17) is 6.57 Å². The molecule has 0 fully saturated rings. The highest BCUT2D eigenvalue weighted by Gasteiger charge is 1.98. The molecule has 0 bridgehead atoms. The van der Waals surface area contributed by atoms with Gasteiger partial charge in [0, 0.05) is 0 Å². The van der Waals surface area contributed by atoms with Crippen molar-refractivity contribution >= 4 is 0 Å². The number of hydrogen-bond donors (Lipinski definition) is 0. The Bertz CT molecular complexity index is 139. The second-order valence-electron chi connectivity index (χ2n) is 1.77. The first-order valence-electron chi connectivity index (χ1n) is 2.93. The lowest BCUT2D eigenvalue weighted by atomic mass is 10.1. The quantitative estimate of drug-likeness (QED) is 0.398. The number of nitrogens with zero attached hydrogens (tertiary/aromatic N) is 1. The van der Waals surface area contributed by atoms with Gasteiger partial charge in [-0.1, -0.05) is 18.2 Å². The topological polar surface area (TPSA) is 4.36 Å². The van der Waals surface area contributed by atoms with Gasteiger partial charge in [-0.15, -0.1) is 6.58 Å². The van der Waals surface area contributed by atoms with Crippen molar-refractivity contribution in [1.82, 2.24) is 0 Å². The average Bonchev–Trinajstić information content (AvgIpc) is 1.88. The zero-order valence-electron chi connectivity index (χ0n) is 5.67. The van der Waals surface area contributed by atoms with Crippen molar-refractivity contribution in [3.05, 3.63) is 36.2 Å². The Morgan fingerprint density at radius 2 is 2.44 bits per heavy atom. The highest BCUT2D eigenvalue weighted by Crippen LogP contribution is 1.99. The molecule has 1 nitrogen and oxygen atoms in total. The lowest BCUT2D eigenvalue weighted by Gasteiger charge is -1.93. The lowest BCUT2D eigenvalue weighted by Crippen LogP contribution is -1.92. The van der Waals surface area contributed by atoms with Gasteiger partial charge in [0.15, 0.2) is 0 Å². The van der Waals surface area contributed by atoms with E-state index in [9.17, 15) is 0 Å². The van der Waals surface area contributed by atoms with E-state index in [1.807, 2.05) is 19.1 Å². The molecular weight excluding hydrogens is 110 g/mol. The zero-order chi connectivity index (χ0) is 7.11. The van der Waals surface area contributed by atoms with E-state index in [2.05, 4.69) is 11.4 Å². The maximum Gasteiger partial charge on any atom is 0.224 e. The smallest absolute Gasteiger partial charge is 0.224 e. The highest BCUT2D eigenvalue weighted by molar-refractivity contribution is 4.98. The van der Waals surface area contributed by atoms with Crippen LogP contribution in [0.3, 0.4) is 0 Å². The van der Waals surface area contributed by atoms with Crippen molar-refractivity contribution in [2.75, 3.05) is 6.54 Å². The van der Waals surface area contributed by atoms with Crippen LogP contribution >= 0.6 is 0 Å². The minimum absolute atomic E-state index is 0.243. The van der Waals surface area contributed by atoms with Gasteiger partial charge in [0.05, 0.1) is 5.92 Å². The minimum atomic E-state index is 0.243. The largest absolute Gasteiger partial charge is 0.316 e. The summed E-state index contributed by atoms with van der Waals surface area (Å²) in [7, 11) is 0. The molecule has 0 aliphatic carbocycles. The fraction of sp³-hybridized carbons (Fsp3) is 0.375. The summed E-state index contributed by atoms with van der Waals surface area (Å²) < 4.78 is 0. The zero-order valence-corrected chi connectivity index (χ0v) is 5.67. The summed E-state index contributed by atoms with van der Waals surface area (Å²) in [6.07, 6.45) is 5.71. The van der Waals surface area contributed by atoms with Crippen molar-refractivity contribution in [1.29, 1.82) is 0 Å². The van der Waals surface area contributed by atoms with E-state index in [0.717, 1.165) is 0 Å². The third kappa shape index (κ3) is 3.54. The second kappa shape index (κ2) is 5.11. The second-order valence-corrected chi connectivity index (χ2v) is 1.77. The molecule has 0 rings (SSSR count). The van der Waals surface area contributed by atoms with Crippen LogP contribution in [-0.4, -0.2) is 6.54 Å². The summed E-state index contributed by atoms with van der Waals surface area (Å²) in [5.41, 5.74) is 0. The highest BCUT2D eigenvalue weighted by atomic mass is 14.6. The van der Waals surface area contributed by atoms with Crippen molar-refractivity contribution in [2.24, 2.45) is 5.92 Å². The molecule has 1 unspecified atom stereocenters. The Morgan fingerprint density at radius 3 is 2.78 bits per heavy atom. The van der Waals surface area contributed by atoms with Gasteiger partial charge in [0.25, 0.3) is 0 Å². The van der Waals surface area contributed by atoms with Crippen LogP contribution in [0.4, 0.5) is 0 Å². The van der Waals surface area contributed by atoms with Gasteiger partial charge in [-0.25, -0.2) is 6.57 Å². The standard InChI is InChI=1S/C8H11N/c1-4-6-8(5-2)7-9-3/h4-6,8H,2,7H2,1H3. The Morgan fingerprint density at radius 1 is 1.78 bits per heavy atom. The van der Waals surface area contributed by atoms with Gasteiger partial charge in [0.2, 0.25) is 6.54 Å². The van der Waals surface area contributed by atoms with E-state index < -0.39 is 0 Å². The van der Waals surface area contributed by atoms with Gasteiger partial charge in [-0.05, 0) is 6.92 Å². The van der Waals surface area contributed by atoms with Crippen molar-refractivity contribution in [3.63, 3.8) is 0 Å². The molecule has 0 spiro atoms. The molecule has 0 aromatic carbocycles. The van der Waals surface area contributed by atoms with E-state index in [1.54, 1.807) is 6.08 Å². The average molecular weight is 121 g/mol. The first-order chi connectivity index (χ1) is 4.35. The van der Waals surface area contributed by atoms with Crippen LogP contribution < -0.4 is 0 Å². The van der Waals surface area contributed by atoms with E-state index in [1.165, 1.54) is 0 Å². The predicted molar refractivity (Wildman–Crippen MR) is 40.0 cm³/mol. The number of hydrogen-bond acceptors (Lipinski definition) is 0. The summed E-state index contributed by atoms with van der Waals surface area (Å²) in [4.78, 5) is 3.25. The molecule has 0 N–H and O–H groups in total. The molecule has 48 valence electrons. The molecule has 0 saturated heterocycles. The molecule has 0 aromatic rings. The molecular formula is C8H11N. The molecule has 1 atom stereocenters. The fourth-order valence-electron chi connectivity index (χ4n) is 0.567. The van der Waals surface area contributed by atoms with Crippen LogP contribution in [0.15, 0.2) is 24.8 Å². The molecule has 0 aromatic heterocycles. The van der Waals surface area contributed by atoms with Gasteiger partial charge >= 0.3 is 0 Å². The summed E-state index contributed by atoms with van der Waals surface area (Å²) >= 11 is 0. The molecule has 0 radical (unpaired) electrons. The third-order valence-corrected chi connectivity index (χ3v) is 1.04. The van der Waals surface area contributed by atoms with Crippen LogP contribution in [-0.2, 0) is 0 Å². The Balaban J connectivity index is 3.71. The third-order valence-electron chi connectivity index (χ3n) is 1.04. The van der Waals surface area contributed by atoms with Crippen molar-refractivity contribution in [2.45, 2.75) is 6.92 Å². The maximum atomic E-state index is 6.56. The fourth-order valence-corrected chi connectivity index (χ4v) is 0.567. The first kappa shape index (κ1) is 7.97. The van der Waals surface area contributed by atoms with Crippen LogP contribution in [0.5, 0.6) is 0 Å². The predicted octanol–water partition coefficient (Wildman–Crippen LogP) is 2.28. The summed E-state index contributed by atoms with van der Waals surface area (Å²) in [6, 6.07) is 0. The number of allylic oxidation sites excluding steroid dienone is 1. The van der Waals surface area contributed by atoms with Gasteiger partial charge in [-0.2, -0.15) is 0 Å². The molecule has 0 aliphatic heterocycles. The van der Waals surface area contributed by atoms with E-state index in [-0.39, 0.29) is 5.92 Å². The SMILES string of the molecule is [C-]#[N+]CC(C=C)C=CC. The van der Waals surface area contributed by atoms with Gasteiger partial charge < -0.3 is 4.85 Å². The summed E-state index contributed by atoms with van der Waals surface area (Å²) in [5.74, 6) is 0.243. The Kier molecular flexibility index (Phi) is 4.53. The lowest BCUT2D eigenvalue weighted by molar-refractivity contribution is 0.897. The monoisotopic (exact) mass is 121 g/mol. The van der Waals surface area contributed by atoms with Crippen molar-refractivity contribution < 1.29 is 0 Å². The molecule has 1 heteroatoms. The summed E-state index contributed by atoms with van der Waals surface area (Å²) in [5, 5.41) is 0. The molecule has 0 saturated carbocycles. The molecule has 0 heterocycles. The molecule has 0 aliphatic rings. The molecule has 0 amide bonds. The van der Waals surface area contributed by atoms with Crippen LogP contribution in [0, 0.1) is 12.5 Å². The Hall–Kier alpha value is -1.03. The number of rotatable bonds is 3. The summed E-state index contributed by atoms with van der Waals surface area (Å²) in [6.45, 7) is 12.6. The van der Waals surface area contributed by atoms with Crippen molar-refractivity contribution in [3.8, 4) is 0 Å². The minimum Gasteiger partial charge on any atom is -0.316 e. The normalized spacial score (nSPS) is 12.9. The Labute approximate surface area is 56.5 Å². The van der Waals surface area contributed by atoms with Crippen LogP contribution in [0.2, 0.25) is 0 Å². The van der Waals surface area contributed by atoms with Gasteiger partial charge in [0.1, 0.15) is 0 Å². The van der Waals surface area contributed by atoms with E-state index >= 15 is 0 Å². The molecule has 9 heavy (non-hydrogen) atoms. The van der Waals surface area contributed by atoms with Gasteiger partial charge in [-0.3, -0.25) is 0 Å². The van der Waals surface area contributed by atoms with Crippen LogP contribution in [0.25, 0.3) is 4.85 Å². The van der Waals surface area contributed by atoms with Crippen LogP contribution in [0.1, 0.15) is 6.92 Å². The van der Waals surface area contributed by atoms with E-state index in [0.29, 0.717) is 6.54 Å². The first-order valence-corrected chi connectivity index (χ1v) is 2.93.